The number of carbonyl (C=O) groups excluding carboxylic acids is 1. The Hall–Kier alpha value is -4.06. The molecule has 15 nitrogen and oxygen atoms in total. The molecule has 0 saturated carbocycles. The summed E-state index contributed by atoms with van der Waals surface area (Å²) in [5.74, 6) is -3.21. The molecule has 1 aliphatic rings. The number of carboxylic acids is 1. The number of aliphatic hydroxyl groups excluding tert-OH is 1. The van der Waals surface area contributed by atoms with Crippen LogP contribution in [0.3, 0.4) is 0 Å². The highest BCUT2D eigenvalue weighted by atomic mass is 31.2. The zero-order chi connectivity index (χ0) is 35.9. The van der Waals surface area contributed by atoms with E-state index in [1.807, 2.05) is 25.1 Å². The van der Waals surface area contributed by atoms with Crippen molar-refractivity contribution in [2.75, 3.05) is 18.9 Å². The first-order valence-corrected chi connectivity index (χ1v) is 16.0. The third-order valence-corrected chi connectivity index (χ3v) is 8.56. The van der Waals surface area contributed by atoms with Gasteiger partial charge in [-0.25, -0.2) is 14.2 Å². The molecule has 0 amide bonds. The van der Waals surface area contributed by atoms with Crippen molar-refractivity contribution in [3.8, 4) is 5.75 Å². The zero-order valence-corrected chi connectivity index (χ0v) is 26.9. The minimum absolute atomic E-state index is 0.0238. The van der Waals surface area contributed by atoms with Gasteiger partial charge in [0.05, 0.1) is 13.2 Å². The predicted octanol–water partition coefficient (Wildman–Crippen LogP) is 3.15. The highest BCUT2D eigenvalue weighted by Crippen LogP contribution is 2.48. The summed E-state index contributed by atoms with van der Waals surface area (Å²) < 4.78 is 69.4. The number of nitrogen functional groups attached to an aromatic ring is 1. The van der Waals surface area contributed by atoms with Gasteiger partial charge in [0.1, 0.15) is 35.4 Å². The smallest absolute Gasteiger partial charge is 0.475 e. The molecular weight excluding hydrogens is 668 g/mol. The van der Waals surface area contributed by atoms with Gasteiger partial charge in [0, 0.05) is 11.6 Å². The second kappa shape index (κ2) is 15.9. The first kappa shape index (κ1) is 38.4. The van der Waals surface area contributed by atoms with Gasteiger partial charge in [-0.3, -0.25) is 13.9 Å². The molecule has 6 N–H and O–H groups in total. The largest absolute Gasteiger partial charge is 0.490 e. The highest BCUT2D eigenvalue weighted by Gasteiger charge is 2.54. The molecule has 1 saturated heterocycles. The number of ether oxygens (including phenoxy) is 2. The van der Waals surface area contributed by atoms with E-state index in [1.165, 1.54) is 26.1 Å². The summed E-state index contributed by atoms with van der Waals surface area (Å²) in [7, 11) is -4.34. The van der Waals surface area contributed by atoms with Crippen LogP contribution in [0, 0.1) is 0 Å². The van der Waals surface area contributed by atoms with E-state index in [1.54, 1.807) is 24.3 Å². The molecule has 48 heavy (non-hydrogen) atoms. The lowest BCUT2D eigenvalue weighted by Crippen LogP contribution is -2.46. The van der Waals surface area contributed by atoms with Gasteiger partial charge in [-0.15, -0.1) is 0 Å². The molecule has 1 unspecified atom stereocenters. The molecule has 1 aliphatic heterocycles. The fourth-order valence-corrected chi connectivity index (χ4v) is 5.90. The van der Waals surface area contributed by atoms with Crippen LogP contribution in [0.1, 0.15) is 39.8 Å². The number of nitrogens with one attached hydrogen (secondary N) is 1. The average Bonchev–Trinajstić information content (AvgIpc) is 3.23. The molecule has 0 bridgehead atoms. The van der Waals surface area contributed by atoms with Crippen LogP contribution in [0.15, 0.2) is 59.5 Å². The molecule has 4 rings (SSSR count). The predicted molar refractivity (Wildman–Crippen MR) is 164 cm³/mol. The van der Waals surface area contributed by atoms with E-state index in [-0.39, 0.29) is 18.2 Å². The minimum Gasteiger partial charge on any atom is -0.475 e. The van der Waals surface area contributed by atoms with E-state index in [2.05, 4.69) is 10.1 Å². The van der Waals surface area contributed by atoms with Crippen LogP contribution < -0.4 is 21.0 Å². The Bertz CT molecular complexity index is 1680. The third-order valence-electron chi connectivity index (χ3n) is 6.93. The van der Waals surface area contributed by atoms with Crippen LogP contribution >= 0.6 is 7.75 Å². The number of anilines is 1. The monoisotopic (exact) mass is 704 g/mol. The summed E-state index contributed by atoms with van der Waals surface area (Å²) in [5, 5.41) is 33.1. The molecular formula is C29H36F3N4O11P. The summed E-state index contributed by atoms with van der Waals surface area (Å²) in [6.07, 6.45) is -6.48. The molecule has 1 fully saturated rings. The number of aliphatic hydroxyl groups is 2. The number of fused-ring (bicyclic) bond motifs is 1. The van der Waals surface area contributed by atoms with Gasteiger partial charge in [0.15, 0.2) is 6.23 Å². The minimum atomic E-state index is -5.08. The van der Waals surface area contributed by atoms with Crippen LogP contribution in [0.25, 0.3) is 10.8 Å². The number of halogens is 3. The van der Waals surface area contributed by atoms with Gasteiger partial charge < -0.3 is 35.1 Å². The number of aliphatic carboxylic acids is 1. The molecule has 6 atom stereocenters. The number of carboxylic acid groups (broad SMARTS) is 1. The first-order valence-electron chi connectivity index (χ1n) is 14.5. The van der Waals surface area contributed by atoms with Crippen molar-refractivity contribution in [1.82, 2.24) is 14.6 Å². The van der Waals surface area contributed by atoms with Gasteiger partial charge in [-0.05, 0) is 37.8 Å². The number of hydrogen-bond donors (Lipinski definition) is 5. The maximum atomic E-state index is 14.1. The summed E-state index contributed by atoms with van der Waals surface area (Å²) in [6, 6.07) is 12.7. The number of rotatable bonds is 12. The van der Waals surface area contributed by atoms with Gasteiger partial charge in [0.2, 0.25) is 0 Å². The molecule has 2 heterocycles. The quantitative estimate of drug-likeness (QED) is 0.104. The van der Waals surface area contributed by atoms with Crippen molar-refractivity contribution in [3.63, 3.8) is 0 Å². The molecule has 1 aromatic heterocycles. The van der Waals surface area contributed by atoms with Gasteiger partial charge >= 0.3 is 31.6 Å². The molecule has 264 valence electrons. The van der Waals surface area contributed by atoms with Crippen molar-refractivity contribution in [2.24, 2.45) is 0 Å². The number of carbonyl (C=O) groups is 2. The number of nitrogens with zero attached hydrogens (tertiary/aromatic N) is 2. The topological polar surface area (TPSA) is 222 Å². The van der Waals surface area contributed by atoms with E-state index in [4.69, 9.17) is 34.2 Å². The van der Waals surface area contributed by atoms with Crippen LogP contribution in [-0.2, 0) is 28.2 Å². The number of benzene rings is 2. The fraction of sp³-hybridized carbons (Fsp3) is 0.448. The lowest BCUT2D eigenvalue weighted by molar-refractivity contribution is -0.192. The maximum absolute atomic E-state index is 14.1. The summed E-state index contributed by atoms with van der Waals surface area (Å²) in [4.78, 5) is 37.5. The van der Waals surface area contributed by atoms with Gasteiger partial charge in [-0.1, -0.05) is 49.7 Å². The van der Waals surface area contributed by atoms with Crippen LogP contribution in [0.2, 0.25) is 0 Å². The Kier molecular flexibility index (Phi) is 12.7. The molecule has 0 spiro atoms. The number of esters is 1. The number of unbranched alkanes of at least 4 members (excludes halogenated alkanes) is 1. The molecule has 0 aliphatic carbocycles. The fourth-order valence-electron chi connectivity index (χ4n) is 4.38. The van der Waals surface area contributed by atoms with Gasteiger partial charge in [-0.2, -0.15) is 23.2 Å². The lowest BCUT2D eigenvalue weighted by atomic mass is 9.96. The normalized spacial score (nSPS) is 22.6. The van der Waals surface area contributed by atoms with E-state index < -0.39 is 68.2 Å². The first-order chi connectivity index (χ1) is 22.4. The SMILES string of the molecule is CCCCOC(=O)[C@H](C)NP(=O)(OC[C@H]1O[C@@H](n2ccc(N)nc2=O)[C@](C)(O)[C@@H]1O)Oc1cccc2ccccc12.O=C(O)C(F)(F)F. The van der Waals surface area contributed by atoms with E-state index in [0.29, 0.717) is 11.8 Å². The summed E-state index contributed by atoms with van der Waals surface area (Å²) in [5.41, 5.74) is 2.80. The molecule has 19 heteroatoms. The number of aromatic nitrogens is 2. The van der Waals surface area contributed by atoms with Crippen molar-refractivity contribution < 1.29 is 61.2 Å². The van der Waals surface area contributed by atoms with Crippen molar-refractivity contribution in [3.05, 3.63) is 65.2 Å². The van der Waals surface area contributed by atoms with Crippen LogP contribution in [-0.4, -0.2) is 80.1 Å². The van der Waals surface area contributed by atoms with Crippen molar-refractivity contribution in [1.29, 1.82) is 0 Å². The second-order valence-electron chi connectivity index (χ2n) is 10.8. The number of hydrogen-bond acceptors (Lipinski definition) is 12. The zero-order valence-electron chi connectivity index (χ0n) is 26.0. The van der Waals surface area contributed by atoms with E-state index >= 15 is 0 Å². The maximum Gasteiger partial charge on any atom is 0.490 e. The molecule has 0 radical (unpaired) electrons. The summed E-state index contributed by atoms with van der Waals surface area (Å²) in [6.45, 7) is 4.35. The Morgan fingerprint density at radius 2 is 1.85 bits per heavy atom. The number of nitrogens with two attached hydrogens (primary N) is 1. The number of alkyl halides is 3. The Morgan fingerprint density at radius 1 is 1.21 bits per heavy atom. The molecule has 2 aromatic carbocycles. The highest BCUT2D eigenvalue weighted by molar-refractivity contribution is 7.52. The van der Waals surface area contributed by atoms with E-state index in [9.17, 15) is 37.5 Å². The average molecular weight is 705 g/mol. The van der Waals surface area contributed by atoms with E-state index in [0.717, 1.165) is 16.4 Å². The Balaban J connectivity index is 0.000000804. The molecule has 3 aromatic rings. The van der Waals surface area contributed by atoms with Crippen LogP contribution in [0.5, 0.6) is 5.75 Å². The second-order valence-corrected chi connectivity index (χ2v) is 12.5. The van der Waals surface area contributed by atoms with Crippen LogP contribution in [0.4, 0.5) is 19.0 Å². The van der Waals surface area contributed by atoms with Crippen molar-refractivity contribution >= 4 is 36.3 Å². The lowest BCUT2D eigenvalue weighted by Gasteiger charge is -2.27. The van der Waals surface area contributed by atoms with Crippen molar-refractivity contribution in [2.45, 2.75) is 69.9 Å². The Morgan fingerprint density at radius 3 is 2.48 bits per heavy atom. The standard InChI is InChI=1S/C27H35N4O9P.C2HF3O2/c1-4-5-15-37-24(33)17(2)30-41(36,40-20-12-8-10-18-9-6-7-11-19(18)20)38-16-21-23(32)27(3,35)25(39-21)31-14-13-22(28)29-26(31)34;3-2(4,5)1(6)7/h6-14,17,21,23,25,32,35H,4-5,15-16H2,1-3H3,(H,30,36)(H2,28,29,34);(H,6,7)/t17-,21+,23+,25+,27+,41?;/m0./s1. The third kappa shape index (κ3) is 9.74. The Labute approximate surface area is 272 Å². The summed E-state index contributed by atoms with van der Waals surface area (Å²) >= 11 is 0. The van der Waals surface area contributed by atoms with Gasteiger partial charge in [0.25, 0.3) is 0 Å².